The average molecular weight is 249 g/mol. The standard InChI is InChI=1S/C13H15NO4/c14-11(12(15)16)8-1-2-9-10(5-8)18-7-13(3-4-13)6-17-9/h1-2,5,11H,3-4,6-7,14H2,(H,15,16). The molecule has 1 atom stereocenters. The first-order chi connectivity index (χ1) is 8.60. The third kappa shape index (κ3) is 1.90. The van der Waals surface area contributed by atoms with E-state index in [9.17, 15) is 4.79 Å². The zero-order valence-corrected chi connectivity index (χ0v) is 9.89. The predicted octanol–water partition coefficient (Wildman–Crippen LogP) is 1.32. The van der Waals surface area contributed by atoms with Gasteiger partial charge in [-0.05, 0) is 30.5 Å². The summed E-state index contributed by atoms with van der Waals surface area (Å²) in [4.78, 5) is 10.9. The maximum atomic E-state index is 10.9. The second-order valence-electron chi connectivity index (χ2n) is 5.10. The molecule has 1 aliphatic carbocycles. The minimum Gasteiger partial charge on any atom is -0.489 e. The summed E-state index contributed by atoms with van der Waals surface area (Å²) >= 11 is 0. The third-order valence-electron chi connectivity index (χ3n) is 3.62. The number of benzene rings is 1. The first-order valence-electron chi connectivity index (χ1n) is 5.98. The minimum atomic E-state index is -1.05. The van der Waals surface area contributed by atoms with Crippen LogP contribution in [0.25, 0.3) is 0 Å². The number of carbonyl (C=O) groups is 1. The molecule has 2 aliphatic rings. The van der Waals surface area contributed by atoms with Crippen molar-refractivity contribution in [2.24, 2.45) is 11.1 Å². The molecule has 0 saturated heterocycles. The van der Waals surface area contributed by atoms with Crippen molar-refractivity contribution in [2.45, 2.75) is 18.9 Å². The Hall–Kier alpha value is -1.75. The van der Waals surface area contributed by atoms with Gasteiger partial charge in [0.15, 0.2) is 11.5 Å². The first kappa shape index (κ1) is 11.3. The van der Waals surface area contributed by atoms with Gasteiger partial charge in [0.1, 0.15) is 6.04 Å². The van der Waals surface area contributed by atoms with Gasteiger partial charge in [0.25, 0.3) is 0 Å². The highest BCUT2D eigenvalue weighted by atomic mass is 16.5. The van der Waals surface area contributed by atoms with E-state index >= 15 is 0 Å². The van der Waals surface area contributed by atoms with Crippen molar-refractivity contribution < 1.29 is 19.4 Å². The number of rotatable bonds is 2. The van der Waals surface area contributed by atoms with Crippen LogP contribution in [0.4, 0.5) is 0 Å². The number of ether oxygens (including phenoxy) is 2. The van der Waals surface area contributed by atoms with Crippen LogP contribution in [0.2, 0.25) is 0 Å². The second-order valence-corrected chi connectivity index (χ2v) is 5.10. The van der Waals surface area contributed by atoms with Crippen LogP contribution >= 0.6 is 0 Å². The van der Waals surface area contributed by atoms with Crippen LogP contribution in [0.3, 0.4) is 0 Å². The Morgan fingerprint density at radius 1 is 1.28 bits per heavy atom. The Morgan fingerprint density at radius 3 is 2.56 bits per heavy atom. The van der Waals surface area contributed by atoms with E-state index in [1.807, 2.05) is 0 Å². The molecule has 1 aliphatic heterocycles. The van der Waals surface area contributed by atoms with E-state index in [0.29, 0.717) is 30.3 Å². The van der Waals surface area contributed by atoms with E-state index in [2.05, 4.69) is 0 Å². The normalized spacial score (nSPS) is 21.2. The molecule has 5 heteroatoms. The van der Waals surface area contributed by atoms with Gasteiger partial charge in [0.2, 0.25) is 0 Å². The molecule has 18 heavy (non-hydrogen) atoms. The number of carboxylic acid groups (broad SMARTS) is 1. The highest BCUT2D eigenvalue weighted by Crippen LogP contribution is 2.49. The zero-order chi connectivity index (χ0) is 12.8. The average Bonchev–Trinajstić information content (AvgIpc) is 3.16. The Kier molecular flexibility index (Phi) is 2.45. The van der Waals surface area contributed by atoms with Gasteiger partial charge in [-0.1, -0.05) is 6.07 Å². The summed E-state index contributed by atoms with van der Waals surface area (Å²) in [5, 5.41) is 8.89. The molecule has 1 spiro atoms. The van der Waals surface area contributed by atoms with Gasteiger partial charge in [0.05, 0.1) is 13.2 Å². The Morgan fingerprint density at radius 2 is 1.94 bits per heavy atom. The van der Waals surface area contributed by atoms with Crippen LogP contribution < -0.4 is 15.2 Å². The van der Waals surface area contributed by atoms with Gasteiger partial charge in [-0.15, -0.1) is 0 Å². The maximum absolute atomic E-state index is 10.9. The van der Waals surface area contributed by atoms with E-state index in [-0.39, 0.29) is 5.41 Å². The van der Waals surface area contributed by atoms with Crippen molar-refractivity contribution in [3.05, 3.63) is 23.8 Å². The van der Waals surface area contributed by atoms with Crippen molar-refractivity contribution in [3.63, 3.8) is 0 Å². The van der Waals surface area contributed by atoms with E-state index in [4.69, 9.17) is 20.3 Å². The molecule has 0 amide bonds. The fourth-order valence-electron chi connectivity index (χ4n) is 2.06. The number of hydrogen-bond acceptors (Lipinski definition) is 4. The monoisotopic (exact) mass is 249 g/mol. The van der Waals surface area contributed by atoms with Crippen LogP contribution in [-0.2, 0) is 4.79 Å². The van der Waals surface area contributed by atoms with Crippen molar-refractivity contribution in [1.29, 1.82) is 0 Å². The molecule has 0 bridgehead atoms. The molecule has 96 valence electrons. The van der Waals surface area contributed by atoms with Gasteiger partial charge in [0, 0.05) is 5.41 Å². The van der Waals surface area contributed by atoms with Crippen LogP contribution in [-0.4, -0.2) is 24.3 Å². The largest absolute Gasteiger partial charge is 0.489 e. The molecular weight excluding hydrogens is 234 g/mol. The zero-order valence-electron chi connectivity index (χ0n) is 9.89. The van der Waals surface area contributed by atoms with E-state index in [1.54, 1.807) is 18.2 Å². The van der Waals surface area contributed by atoms with Crippen molar-refractivity contribution in [3.8, 4) is 11.5 Å². The van der Waals surface area contributed by atoms with Crippen LogP contribution in [0.1, 0.15) is 24.4 Å². The molecular formula is C13H15NO4. The second kappa shape index (κ2) is 3.88. The predicted molar refractivity (Wildman–Crippen MR) is 63.7 cm³/mol. The summed E-state index contributed by atoms with van der Waals surface area (Å²) in [6.07, 6.45) is 2.25. The summed E-state index contributed by atoms with van der Waals surface area (Å²) < 4.78 is 11.4. The lowest BCUT2D eigenvalue weighted by molar-refractivity contribution is -0.138. The van der Waals surface area contributed by atoms with Gasteiger partial charge in [-0.3, -0.25) is 4.79 Å². The molecule has 3 N–H and O–H groups in total. The lowest BCUT2D eigenvalue weighted by Gasteiger charge is -2.11. The summed E-state index contributed by atoms with van der Waals surface area (Å²) in [6.45, 7) is 1.30. The van der Waals surface area contributed by atoms with E-state index < -0.39 is 12.0 Å². The van der Waals surface area contributed by atoms with Crippen LogP contribution in [0.15, 0.2) is 18.2 Å². The summed E-state index contributed by atoms with van der Waals surface area (Å²) in [6, 6.07) is 4.04. The van der Waals surface area contributed by atoms with Crippen LogP contribution in [0.5, 0.6) is 11.5 Å². The molecule has 1 aromatic carbocycles. The van der Waals surface area contributed by atoms with Crippen molar-refractivity contribution in [1.82, 2.24) is 0 Å². The van der Waals surface area contributed by atoms with Gasteiger partial charge < -0.3 is 20.3 Å². The number of fused-ring (bicyclic) bond motifs is 1. The molecule has 1 heterocycles. The molecule has 3 rings (SSSR count). The smallest absolute Gasteiger partial charge is 0.325 e. The van der Waals surface area contributed by atoms with Crippen molar-refractivity contribution in [2.75, 3.05) is 13.2 Å². The number of carboxylic acids is 1. The summed E-state index contributed by atoms with van der Waals surface area (Å²) in [5.74, 6) is 0.205. The highest BCUT2D eigenvalue weighted by Gasteiger charge is 2.46. The Labute approximate surface area is 104 Å². The SMILES string of the molecule is NC(C(=O)O)c1ccc2c(c1)OCC1(CC1)CO2. The molecule has 1 aromatic rings. The molecule has 1 unspecified atom stereocenters. The first-order valence-corrected chi connectivity index (χ1v) is 5.98. The van der Waals surface area contributed by atoms with E-state index in [1.165, 1.54) is 0 Å². The van der Waals surface area contributed by atoms with E-state index in [0.717, 1.165) is 12.8 Å². The molecule has 5 nitrogen and oxygen atoms in total. The Balaban J connectivity index is 1.87. The molecule has 1 saturated carbocycles. The topological polar surface area (TPSA) is 81.8 Å². The molecule has 0 aromatic heterocycles. The van der Waals surface area contributed by atoms with Crippen molar-refractivity contribution >= 4 is 5.97 Å². The minimum absolute atomic E-state index is 0.175. The summed E-state index contributed by atoms with van der Waals surface area (Å²) in [7, 11) is 0. The molecule has 1 fully saturated rings. The maximum Gasteiger partial charge on any atom is 0.325 e. The lowest BCUT2D eigenvalue weighted by atomic mass is 10.1. The van der Waals surface area contributed by atoms with Gasteiger partial charge >= 0.3 is 5.97 Å². The quantitative estimate of drug-likeness (QED) is 0.826. The van der Waals surface area contributed by atoms with Gasteiger partial charge in [-0.25, -0.2) is 0 Å². The lowest BCUT2D eigenvalue weighted by Crippen LogP contribution is -2.20. The fraction of sp³-hybridized carbons (Fsp3) is 0.462. The molecule has 0 radical (unpaired) electrons. The number of nitrogens with two attached hydrogens (primary N) is 1. The third-order valence-corrected chi connectivity index (χ3v) is 3.62. The Bertz CT molecular complexity index is 496. The number of aliphatic carboxylic acids is 1. The summed E-state index contributed by atoms with van der Waals surface area (Å²) in [5.41, 5.74) is 6.28. The van der Waals surface area contributed by atoms with Gasteiger partial charge in [-0.2, -0.15) is 0 Å². The highest BCUT2D eigenvalue weighted by molar-refractivity contribution is 5.75. The fourth-order valence-corrected chi connectivity index (χ4v) is 2.06. The number of hydrogen-bond donors (Lipinski definition) is 2. The van der Waals surface area contributed by atoms with Crippen LogP contribution in [0, 0.1) is 5.41 Å².